The van der Waals surface area contributed by atoms with Crippen LogP contribution in [-0.2, 0) is 13.0 Å². The zero-order valence-electron chi connectivity index (χ0n) is 14.5. The summed E-state index contributed by atoms with van der Waals surface area (Å²) in [5.74, 6) is 1.11. The summed E-state index contributed by atoms with van der Waals surface area (Å²) in [6.45, 7) is 4.29. The van der Waals surface area contributed by atoms with Gasteiger partial charge in [0, 0.05) is 31.9 Å². The summed E-state index contributed by atoms with van der Waals surface area (Å²) >= 11 is 0. The quantitative estimate of drug-likeness (QED) is 0.706. The third kappa shape index (κ3) is 4.08. The van der Waals surface area contributed by atoms with Crippen molar-refractivity contribution in [3.63, 3.8) is 0 Å². The van der Waals surface area contributed by atoms with Gasteiger partial charge >= 0.3 is 0 Å². The molecule has 0 unspecified atom stereocenters. The smallest absolute Gasteiger partial charge is 0.230 e. The molecule has 5 nitrogen and oxygen atoms in total. The molecule has 0 amide bonds. The summed E-state index contributed by atoms with van der Waals surface area (Å²) in [6.07, 6.45) is 0.659. The Bertz CT molecular complexity index is 827. The third-order valence-corrected chi connectivity index (χ3v) is 4.63. The fourth-order valence-corrected chi connectivity index (χ4v) is 3.20. The first kappa shape index (κ1) is 16.7. The predicted molar refractivity (Wildman–Crippen MR) is 97.4 cm³/mol. The van der Waals surface area contributed by atoms with Crippen LogP contribution in [0.2, 0.25) is 0 Å². The number of rotatable bonds is 5. The van der Waals surface area contributed by atoms with Crippen molar-refractivity contribution in [3.8, 4) is 0 Å². The van der Waals surface area contributed by atoms with E-state index in [1.54, 1.807) is 0 Å². The Kier molecular flexibility index (Phi) is 4.93. The van der Waals surface area contributed by atoms with Gasteiger partial charge in [-0.3, -0.25) is 4.90 Å². The number of hydrogen-bond acceptors (Lipinski definition) is 5. The number of benzene rings is 2. The lowest BCUT2D eigenvalue weighted by molar-refractivity contribution is 0.224. The maximum atomic E-state index is 13.0. The van der Waals surface area contributed by atoms with E-state index in [0.717, 1.165) is 37.4 Å². The minimum absolute atomic E-state index is 0.199. The number of halogens is 1. The number of piperazine rings is 1. The second kappa shape index (κ2) is 7.66. The summed E-state index contributed by atoms with van der Waals surface area (Å²) in [7, 11) is 0. The monoisotopic (exact) mass is 352 g/mol. The summed E-state index contributed by atoms with van der Waals surface area (Å²) in [6, 6.07) is 16.8. The zero-order chi connectivity index (χ0) is 17.8. The molecule has 134 valence electrons. The predicted octanol–water partition coefficient (Wildman–Crippen LogP) is 3.12. The number of anilines is 1. The molecule has 4 rings (SSSR count). The van der Waals surface area contributed by atoms with Crippen molar-refractivity contribution in [2.24, 2.45) is 0 Å². The molecule has 2 aromatic carbocycles. The minimum Gasteiger partial charge on any atom is -0.424 e. The highest BCUT2D eigenvalue weighted by Gasteiger charge is 2.19. The van der Waals surface area contributed by atoms with E-state index in [9.17, 15) is 4.39 Å². The standard InChI is InChI=1S/C20H21FN4O/c21-17-6-8-18(9-7-17)25-12-10-24(11-13-25)15-20-23-22-19(26-20)14-16-4-2-1-3-5-16/h1-9H,10-15H2. The van der Waals surface area contributed by atoms with Gasteiger partial charge in [0.05, 0.1) is 13.0 Å². The first-order valence-corrected chi connectivity index (χ1v) is 8.84. The lowest BCUT2D eigenvalue weighted by atomic mass is 10.2. The van der Waals surface area contributed by atoms with Gasteiger partial charge in [-0.25, -0.2) is 4.39 Å². The average Bonchev–Trinajstić information content (AvgIpc) is 3.11. The van der Waals surface area contributed by atoms with Crippen LogP contribution < -0.4 is 4.90 Å². The topological polar surface area (TPSA) is 45.4 Å². The van der Waals surface area contributed by atoms with Crippen molar-refractivity contribution in [3.05, 3.63) is 77.8 Å². The Morgan fingerprint density at radius 2 is 1.54 bits per heavy atom. The van der Waals surface area contributed by atoms with Crippen LogP contribution in [0, 0.1) is 5.82 Å². The van der Waals surface area contributed by atoms with Crippen LogP contribution in [0.1, 0.15) is 17.3 Å². The van der Waals surface area contributed by atoms with Crippen molar-refractivity contribution >= 4 is 5.69 Å². The van der Waals surface area contributed by atoms with Gasteiger partial charge in [0.25, 0.3) is 0 Å². The van der Waals surface area contributed by atoms with Crippen LogP contribution >= 0.6 is 0 Å². The second-order valence-electron chi connectivity index (χ2n) is 6.49. The first-order chi connectivity index (χ1) is 12.8. The molecule has 2 heterocycles. The van der Waals surface area contributed by atoms with E-state index in [1.165, 1.54) is 12.1 Å². The molecule has 1 aliphatic rings. The maximum Gasteiger partial charge on any atom is 0.230 e. The Balaban J connectivity index is 1.30. The second-order valence-corrected chi connectivity index (χ2v) is 6.49. The molecule has 1 aromatic heterocycles. The highest BCUT2D eigenvalue weighted by molar-refractivity contribution is 5.46. The van der Waals surface area contributed by atoms with E-state index < -0.39 is 0 Å². The molecular weight excluding hydrogens is 331 g/mol. The van der Waals surface area contributed by atoms with Crippen LogP contribution in [0.3, 0.4) is 0 Å². The molecular formula is C20H21FN4O. The van der Waals surface area contributed by atoms with Gasteiger partial charge < -0.3 is 9.32 Å². The maximum absolute atomic E-state index is 13.0. The lowest BCUT2D eigenvalue weighted by Crippen LogP contribution is -2.46. The molecule has 3 aromatic rings. The van der Waals surface area contributed by atoms with Gasteiger partial charge in [0.15, 0.2) is 0 Å². The molecule has 0 radical (unpaired) electrons. The van der Waals surface area contributed by atoms with E-state index in [0.29, 0.717) is 24.7 Å². The highest BCUT2D eigenvalue weighted by atomic mass is 19.1. The molecule has 1 fully saturated rings. The molecule has 1 aliphatic heterocycles. The zero-order valence-corrected chi connectivity index (χ0v) is 14.5. The molecule has 26 heavy (non-hydrogen) atoms. The van der Waals surface area contributed by atoms with Gasteiger partial charge in [-0.15, -0.1) is 10.2 Å². The first-order valence-electron chi connectivity index (χ1n) is 8.84. The number of hydrogen-bond donors (Lipinski definition) is 0. The Hall–Kier alpha value is -2.73. The normalized spacial score (nSPS) is 15.3. The summed E-state index contributed by atoms with van der Waals surface area (Å²) < 4.78 is 18.8. The average molecular weight is 352 g/mol. The van der Waals surface area contributed by atoms with Crippen LogP contribution in [0.5, 0.6) is 0 Å². The van der Waals surface area contributed by atoms with Crippen LogP contribution in [0.25, 0.3) is 0 Å². The molecule has 0 bridgehead atoms. The van der Waals surface area contributed by atoms with Gasteiger partial charge in [-0.2, -0.15) is 0 Å². The minimum atomic E-state index is -0.199. The van der Waals surface area contributed by atoms with Gasteiger partial charge in [0.2, 0.25) is 11.8 Å². The molecule has 0 aliphatic carbocycles. The largest absolute Gasteiger partial charge is 0.424 e. The van der Waals surface area contributed by atoms with Crippen LogP contribution in [-0.4, -0.2) is 41.3 Å². The van der Waals surface area contributed by atoms with Crippen molar-refractivity contribution in [1.82, 2.24) is 15.1 Å². The molecule has 6 heteroatoms. The van der Waals surface area contributed by atoms with Crippen molar-refractivity contribution in [2.75, 3.05) is 31.1 Å². The number of nitrogens with zero attached hydrogens (tertiary/aromatic N) is 4. The van der Waals surface area contributed by atoms with Crippen LogP contribution in [0.4, 0.5) is 10.1 Å². The summed E-state index contributed by atoms with van der Waals surface area (Å²) in [4.78, 5) is 4.57. The van der Waals surface area contributed by atoms with Gasteiger partial charge in [-0.1, -0.05) is 30.3 Å². The van der Waals surface area contributed by atoms with Gasteiger partial charge in [-0.05, 0) is 29.8 Å². The Morgan fingerprint density at radius 1 is 0.846 bits per heavy atom. The molecule has 1 saturated heterocycles. The van der Waals surface area contributed by atoms with Crippen molar-refractivity contribution < 1.29 is 8.81 Å². The summed E-state index contributed by atoms with van der Waals surface area (Å²) in [5, 5.41) is 8.34. The van der Waals surface area contributed by atoms with Crippen molar-refractivity contribution in [2.45, 2.75) is 13.0 Å². The number of aromatic nitrogens is 2. The van der Waals surface area contributed by atoms with Gasteiger partial charge in [0.1, 0.15) is 5.82 Å². The van der Waals surface area contributed by atoms with E-state index in [-0.39, 0.29) is 5.82 Å². The summed E-state index contributed by atoms with van der Waals surface area (Å²) in [5.41, 5.74) is 2.23. The van der Waals surface area contributed by atoms with E-state index in [2.05, 4.69) is 32.1 Å². The Labute approximate surface area is 152 Å². The van der Waals surface area contributed by atoms with Crippen molar-refractivity contribution in [1.29, 1.82) is 0 Å². The van der Waals surface area contributed by atoms with E-state index in [4.69, 9.17) is 4.42 Å². The third-order valence-electron chi connectivity index (χ3n) is 4.63. The fourth-order valence-electron chi connectivity index (χ4n) is 3.20. The van der Waals surface area contributed by atoms with Crippen LogP contribution in [0.15, 0.2) is 59.0 Å². The SMILES string of the molecule is Fc1ccc(N2CCN(Cc3nnc(Cc4ccccc4)o3)CC2)cc1. The molecule has 0 N–H and O–H groups in total. The highest BCUT2D eigenvalue weighted by Crippen LogP contribution is 2.18. The fraction of sp³-hybridized carbons (Fsp3) is 0.300. The lowest BCUT2D eigenvalue weighted by Gasteiger charge is -2.35. The van der Waals surface area contributed by atoms with E-state index in [1.807, 2.05) is 30.3 Å². The molecule has 0 saturated carbocycles. The Morgan fingerprint density at radius 3 is 2.27 bits per heavy atom. The van der Waals surface area contributed by atoms with E-state index >= 15 is 0 Å². The molecule has 0 spiro atoms. The molecule has 0 atom stereocenters.